The van der Waals surface area contributed by atoms with E-state index in [2.05, 4.69) is 18.7 Å². The number of hydrogen-bond acceptors (Lipinski definition) is 2. The van der Waals surface area contributed by atoms with Gasteiger partial charge in [0, 0.05) is 36.9 Å². The maximum atomic E-state index is 14.2. The number of amides is 1. The number of anilines is 1. The highest BCUT2D eigenvalue weighted by Gasteiger charge is 2.30. The summed E-state index contributed by atoms with van der Waals surface area (Å²) in [7, 11) is 0. The van der Waals surface area contributed by atoms with E-state index in [4.69, 9.17) is 0 Å². The number of benzene rings is 2. The second-order valence-corrected chi connectivity index (χ2v) is 7.90. The third-order valence-electron chi connectivity index (χ3n) is 5.22. The monoisotopic (exact) mass is 368 g/mol. The summed E-state index contributed by atoms with van der Waals surface area (Å²) in [6.45, 7) is 9.22. The molecule has 144 valence electrons. The number of aryl methyl sites for hydroxylation is 1. The van der Waals surface area contributed by atoms with Crippen molar-refractivity contribution in [3.8, 4) is 0 Å². The Hall–Kier alpha value is -2.20. The number of halogens is 1. The molecule has 1 amide bonds. The van der Waals surface area contributed by atoms with Crippen LogP contribution in [0.5, 0.6) is 0 Å². The van der Waals surface area contributed by atoms with Gasteiger partial charge in [-0.05, 0) is 55.5 Å². The SMILES string of the molecule is Cc1ccc(N(C(=O)c2ccccc2)C2CCN(CC(C)C)CC2)cc1F. The number of piperidine rings is 1. The lowest BCUT2D eigenvalue weighted by atomic mass is 9.99. The molecule has 1 aliphatic rings. The number of carbonyl (C=O) groups is 1. The number of nitrogens with zero attached hydrogens (tertiary/aromatic N) is 2. The smallest absolute Gasteiger partial charge is 0.258 e. The van der Waals surface area contributed by atoms with Gasteiger partial charge in [-0.2, -0.15) is 0 Å². The number of rotatable bonds is 5. The van der Waals surface area contributed by atoms with Crippen LogP contribution in [-0.4, -0.2) is 36.5 Å². The van der Waals surface area contributed by atoms with Crippen molar-refractivity contribution in [2.75, 3.05) is 24.5 Å². The Labute approximate surface area is 161 Å². The van der Waals surface area contributed by atoms with E-state index in [1.54, 1.807) is 13.0 Å². The lowest BCUT2D eigenvalue weighted by Crippen LogP contribution is -2.48. The molecule has 1 heterocycles. The van der Waals surface area contributed by atoms with Gasteiger partial charge in [-0.15, -0.1) is 0 Å². The van der Waals surface area contributed by atoms with Crippen LogP contribution in [0.4, 0.5) is 10.1 Å². The summed E-state index contributed by atoms with van der Waals surface area (Å²) in [5.41, 5.74) is 1.88. The molecule has 0 aromatic heterocycles. The molecular formula is C23H29FN2O. The van der Waals surface area contributed by atoms with Crippen molar-refractivity contribution in [1.82, 2.24) is 4.90 Å². The van der Waals surface area contributed by atoms with Gasteiger partial charge >= 0.3 is 0 Å². The first-order valence-corrected chi connectivity index (χ1v) is 9.83. The second kappa shape index (κ2) is 8.66. The van der Waals surface area contributed by atoms with Gasteiger partial charge in [0.25, 0.3) is 5.91 Å². The number of carbonyl (C=O) groups excluding carboxylic acids is 1. The Morgan fingerprint density at radius 1 is 1.15 bits per heavy atom. The molecule has 0 N–H and O–H groups in total. The zero-order chi connectivity index (χ0) is 19.4. The quantitative estimate of drug-likeness (QED) is 0.749. The lowest BCUT2D eigenvalue weighted by Gasteiger charge is -2.39. The third kappa shape index (κ3) is 4.75. The molecule has 3 nitrogen and oxygen atoms in total. The van der Waals surface area contributed by atoms with Crippen molar-refractivity contribution < 1.29 is 9.18 Å². The van der Waals surface area contributed by atoms with E-state index in [1.165, 1.54) is 6.07 Å². The normalized spacial score (nSPS) is 15.9. The van der Waals surface area contributed by atoms with Crippen LogP contribution in [0.3, 0.4) is 0 Å². The van der Waals surface area contributed by atoms with Crippen LogP contribution in [-0.2, 0) is 0 Å². The average molecular weight is 368 g/mol. The topological polar surface area (TPSA) is 23.6 Å². The van der Waals surface area contributed by atoms with Gasteiger partial charge in [-0.1, -0.05) is 38.1 Å². The van der Waals surface area contributed by atoms with E-state index in [0.29, 0.717) is 22.7 Å². The molecule has 1 fully saturated rings. The molecule has 2 aromatic carbocycles. The minimum absolute atomic E-state index is 0.0545. The fourth-order valence-electron chi connectivity index (χ4n) is 3.82. The molecule has 2 aromatic rings. The zero-order valence-corrected chi connectivity index (χ0v) is 16.5. The summed E-state index contributed by atoms with van der Waals surface area (Å²) in [4.78, 5) is 17.6. The molecule has 0 saturated carbocycles. The molecule has 0 spiro atoms. The summed E-state index contributed by atoms with van der Waals surface area (Å²) in [6, 6.07) is 14.5. The van der Waals surface area contributed by atoms with Crippen LogP contribution in [0, 0.1) is 18.7 Å². The predicted octanol–water partition coefficient (Wildman–Crippen LogP) is 4.90. The molecule has 4 heteroatoms. The molecule has 0 radical (unpaired) electrons. The van der Waals surface area contributed by atoms with Gasteiger partial charge in [0.05, 0.1) is 0 Å². The number of likely N-dealkylation sites (tertiary alicyclic amines) is 1. The predicted molar refractivity (Wildman–Crippen MR) is 109 cm³/mol. The van der Waals surface area contributed by atoms with Crippen molar-refractivity contribution >= 4 is 11.6 Å². The lowest BCUT2D eigenvalue weighted by molar-refractivity contribution is 0.0957. The molecule has 27 heavy (non-hydrogen) atoms. The summed E-state index contributed by atoms with van der Waals surface area (Å²) in [6.07, 6.45) is 1.81. The van der Waals surface area contributed by atoms with Gasteiger partial charge in [0.1, 0.15) is 5.82 Å². The Morgan fingerprint density at radius 3 is 2.41 bits per heavy atom. The molecule has 0 bridgehead atoms. The Kier molecular flexibility index (Phi) is 6.27. The second-order valence-electron chi connectivity index (χ2n) is 7.90. The average Bonchev–Trinajstić information content (AvgIpc) is 2.66. The fourth-order valence-corrected chi connectivity index (χ4v) is 3.82. The molecule has 0 atom stereocenters. The third-order valence-corrected chi connectivity index (χ3v) is 5.22. The molecule has 1 aliphatic heterocycles. The largest absolute Gasteiger partial charge is 0.305 e. The summed E-state index contributed by atoms with van der Waals surface area (Å²) < 4.78 is 14.2. The Bertz CT molecular complexity index is 767. The van der Waals surface area contributed by atoms with E-state index in [0.717, 1.165) is 32.5 Å². The minimum atomic E-state index is -0.268. The summed E-state index contributed by atoms with van der Waals surface area (Å²) in [5.74, 6) is 0.312. The van der Waals surface area contributed by atoms with E-state index in [1.807, 2.05) is 41.3 Å². The maximum Gasteiger partial charge on any atom is 0.258 e. The van der Waals surface area contributed by atoms with Crippen molar-refractivity contribution in [3.63, 3.8) is 0 Å². The van der Waals surface area contributed by atoms with Crippen LogP contribution < -0.4 is 4.90 Å². The first kappa shape index (κ1) is 19.6. The van der Waals surface area contributed by atoms with E-state index >= 15 is 0 Å². The van der Waals surface area contributed by atoms with Gasteiger partial charge in [-0.25, -0.2) is 4.39 Å². The van der Waals surface area contributed by atoms with E-state index in [9.17, 15) is 9.18 Å². The first-order valence-electron chi connectivity index (χ1n) is 9.83. The van der Waals surface area contributed by atoms with Crippen LogP contribution in [0.15, 0.2) is 48.5 Å². The molecule has 0 aliphatic carbocycles. The first-order chi connectivity index (χ1) is 13.0. The molecule has 1 saturated heterocycles. The van der Waals surface area contributed by atoms with Gasteiger partial charge in [0.2, 0.25) is 0 Å². The van der Waals surface area contributed by atoms with Crippen LogP contribution in [0.1, 0.15) is 42.6 Å². The van der Waals surface area contributed by atoms with E-state index < -0.39 is 0 Å². The highest BCUT2D eigenvalue weighted by atomic mass is 19.1. The zero-order valence-electron chi connectivity index (χ0n) is 16.5. The molecular weight excluding hydrogens is 339 g/mol. The minimum Gasteiger partial charge on any atom is -0.305 e. The fraction of sp³-hybridized carbons (Fsp3) is 0.435. The maximum absolute atomic E-state index is 14.2. The number of hydrogen-bond donors (Lipinski definition) is 0. The molecule has 3 rings (SSSR count). The van der Waals surface area contributed by atoms with Gasteiger partial charge in [0.15, 0.2) is 0 Å². The summed E-state index contributed by atoms with van der Waals surface area (Å²) in [5, 5.41) is 0. The molecule has 0 unspecified atom stereocenters. The van der Waals surface area contributed by atoms with Crippen molar-refractivity contribution in [2.24, 2.45) is 5.92 Å². The van der Waals surface area contributed by atoms with Crippen LogP contribution in [0.2, 0.25) is 0 Å². The van der Waals surface area contributed by atoms with Crippen molar-refractivity contribution in [2.45, 2.75) is 39.7 Å². The van der Waals surface area contributed by atoms with Gasteiger partial charge in [-0.3, -0.25) is 4.79 Å². The van der Waals surface area contributed by atoms with Crippen molar-refractivity contribution in [1.29, 1.82) is 0 Å². The van der Waals surface area contributed by atoms with E-state index in [-0.39, 0.29) is 17.8 Å². The standard InChI is InChI=1S/C23H29FN2O/c1-17(2)16-25-13-11-20(12-14-25)26(21-10-9-18(3)22(24)15-21)23(27)19-7-5-4-6-8-19/h4-10,15,17,20H,11-14,16H2,1-3H3. The Morgan fingerprint density at radius 2 is 1.81 bits per heavy atom. The van der Waals surface area contributed by atoms with Crippen molar-refractivity contribution in [3.05, 3.63) is 65.5 Å². The summed E-state index contributed by atoms with van der Waals surface area (Å²) >= 11 is 0. The van der Waals surface area contributed by atoms with Gasteiger partial charge < -0.3 is 9.80 Å². The Balaban J connectivity index is 1.86. The highest BCUT2D eigenvalue weighted by molar-refractivity contribution is 6.06. The van der Waals surface area contributed by atoms with Crippen LogP contribution in [0.25, 0.3) is 0 Å². The highest BCUT2D eigenvalue weighted by Crippen LogP contribution is 2.27. The van der Waals surface area contributed by atoms with Crippen LogP contribution >= 0.6 is 0 Å².